The number of benzene rings is 1. The molecule has 0 spiro atoms. The Morgan fingerprint density at radius 2 is 2.00 bits per heavy atom. The van der Waals surface area contributed by atoms with Crippen molar-refractivity contribution < 1.29 is 13.9 Å². The van der Waals surface area contributed by atoms with E-state index in [0.717, 1.165) is 25.0 Å². The highest BCUT2D eigenvalue weighted by Gasteiger charge is 2.07. The third-order valence-corrected chi connectivity index (χ3v) is 2.35. The number of hydrogen-bond donors (Lipinski definition) is 1. The van der Waals surface area contributed by atoms with Gasteiger partial charge in [0.15, 0.2) is 11.6 Å². The third-order valence-electron chi connectivity index (χ3n) is 2.35. The standard InChI is InChI=1S/C12H16F2O/c1-2-3-4-10(15)7-9-5-6-11(13)12(14)8-9/h5-6,8,10,15H,2-4,7H2,1H3. The Hall–Kier alpha value is -0.960. The van der Waals surface area contributed by atoms with Gasteiger partial charge in [-0.15, -0.1) is 0 Å². The van der Waals surface area contributed by atoms with E-state index in [2.05, 4.69) is 0 Å². The van der Waals surface area contributed by atoms with Gasteiger partial charge in [-0.2, -0.15) is 0 Å². The summed E-state index contributed by atoms with van der Waals surface area (Å²) in [5.74, 6) is -1.70. The average molecular weight is 214 g/mol. The molecule has 0 aromatic heterocycles. The first-order chi connectivity index (χ1) is 7.13. The monoisotopic (exact) mass is 214 g/mol. The Morgan fingerprint density at radius 1 is 1.27 bits per heavy atom. The lowest BCUT2D eigenvalue weighted by molar-refractivity contribution is 0.161. The van der Waals surface area contributed by atoms with E-state index in [4.69, 9.17) is 0 Å². The molecule has 0 aliphatic rings. The lowest BCUT2D eigenvalue weighted by atomic mass is 10.0. The van der Waals surface area contributed by atoms with Gasteiger partial charge in [0.05, 0.1) is 6.10 Å². The number of halogens is 2. The van der Waals surface area contributed by atoms with Crippen molar-refractivity contribution in [2.24, 2.45) is 0 Å². The minimum absolute atomic E-state index is 0.386. The van der Waals surface area contributed by atoms with Crippen molar-refractivity contribution >= 4 is 0 Å². The minimum Gasteiger partial charge on any atom is -0.393 e. The zero-order valence-electron chi connectivity index (χ0n) is 8.84. The van der Waals surface area contributed by atoms with Crippen LogP contribution in [0.2, 0.25) is 0 Å². The molecule has 0 saturated heterocycles. The van der Waals surface area contributed by atoms with Gasteiger partial charge in [-0.25, -0.2) is 8.78 Å². The van der Waals surface area contributed by atoms with Crippen molar-refractivity contribution in [1.82, 2.24) is 0 Å². The van der Waals surface area contributed by atoms with Crippen LogP contribution in [0, 0.1) is 11.6 Å². The Balaban J connectivity index is 2.53. The van der Waals surface area contributed by atoms with Crippen molar-refractivity contribution in [3.63, 3.8) is 0 Å². The predicted octanol–water partition coefficient (Wildman–Crippen LogP) is 3.06. The second-order valence-corrected chi connectivity index (χ2v) is 3.75. The van der Waals surface area contributed by atoms with Crippen LogP contribution in [0.25, 0.3) is 0 Å². The topological polar surface area (TPSA) is 20.2 Å². The Kier molecular flexibility index (Phi) is 4.69. The molecule has 0 saturated carbocycles. The lowest BCUT2D eigenvalue weighted by Crippen LogP contribution is -2.10. The molecule has 0 fully saturated rings. The fraction of sp³-hybridized carbons (Fsp3) is 0.500. The van der Waals surface area contributed by atoms with Crippen molar-refractivity contribution in [3.05, 3.63) is 35.4 Å². The van der Waals surface area contributed by atoms with Gasteiger partial charge in [0.2, 0.25) is 0 Å². The molecule has 0 aliphatic heterocycles. The van der Waals surface area contributed by atoms with Gasteiger partial charge in [-0.05, 0) is 30.5 Å². The van der Waals surface area contributed by atoms with E-state index in [-0.39, 0.29) is 0 Å². The van der Waals surface area contributed by atoms with E-state index in [1.165, 1.54) is 6.07 Å². The van der Waals surface area contributed by atoms with Crippen LogP contribution in [0.5, 0.6) is 0 Å². The summed E-state index contributed by atoms with van der Waals surface area (Å²) in [6.07, 6.45) is 2.60. The van der Waals surface area contributed by atoms with Crippen molar-refractivity contribution in [1.29, 1.82) is 0 Å². The SMILES string of the molecule is CCCCC(O)Cc1ccc(F)c(F)c1. The predicted molar refractivity (Wildman–Crippen MR) is 55.6 cm³/mol. The Morgan fingerprint density at radius 3 is 2.60 bits per heavy atom. The summed E-state index contributed by atoms with van der Waals surface area (Å²) in [6, 6.07) is 3.75. The van der Waals surface area contributed by atoms with Gasteiger partial charge in [0, 0.05) is 0 Å². The van der Waals surface area contributed by atoms with Crippen LogP contribution >= 0.6 is 0 Å². The summed E-state index contributed by atoms with van der Waals surface area (Å²) in [7, 11) is 0. The van der Waals surface area contributed by atoms with Crippen LogP contribution in [0.1, 0.15) is 31.7 Å². The van der Waals surface area contributed by atoms with E-state index in [0.29, 0.717) is 18.4 Å². The zero-order chi connectivity index (χ0) is 11.3. The van der Waals surface area contributed by atoms with Crippen molar-refractivity contribution in [2.75, 3.05) is 0 Å². The molecule has 1 N–H and O–H groups in total. The number of rotatable bonds is 5. The molecule has 1 nitrogen and oxygen atoms in total. The first-order valence-electron chi connectivity index (χ1n) is 5.25. The lowest BCUT2D eigenvalue weighted by Gasteiger charge is -2.09. The zero-order valence-corrected chi connectivity index (χ0v) is 8.84. The second kappa shape index (κ2) is 5.81. The minimum atomic E-state index is -0.852. The summed E-state index contributed by atoms with van der Waals surface area (Å²) in [5, 5.41) is 9.58. The van der Waals surface area contributed by atoms with Gasteiger partial charge in [-0.3, -0.25) is 0 Å². The fourth-order valence-electron chi connectivity index (χ4n) is 1.48. The third kappa shape index (κ3) is 3.96. The van der Waals surface area contributed by atoms with Crippen molar-refractivity contribution in [3.8, 4) is 0 Å². The molecular formula is C12H16F2O. The summed E-state index contributed by atoms with van der Waals surface area (Å²) < 4.78 is 25.4. The van der Waals surface area contributed by atoms with Crippen LogP contribution in [0.3, 0.4) is 0 Å². The maximum Gasteiger partial charge on any atom is 0.159 e. The quantitative estimate of drug-likeness (QED) is 0.798. The molecule has 0 heterocycles. The molecule has 15 heavy (non-hydrogen) atoms. The second-order valence-electron chi connectivity index (χ2n) is 3.75. The summed E-state index contributed by atoms with van der Waals surface area (Å²) in [6.45, 7) is 2.05. The molecule has 1 aromatic carbocycles. The highest BCUT2D eigenvalue weighted by Crippen LogP contribution is 2.12. The molecule has 1 rings (SSSR count). The summed E-state index contributed by atoms with van der Waals surface area (Å²) in [5.41, 5.74) is 0.637. The molecule has 84 valence electrons. The van der Waals surface area contributed by atoms with Crippen LogP contribution in [-0.2, 0) is 6.42 Å². The smallest absolute Gasteiger partial charge is 0.159 e. The average Bonchev–Trinajstić information content (AvgIpc) is 2.20. The van der Waals surface area contributed by atoms with E-state index in [1.54, 1.807) is 0 Å². The molecule has 1 unspecified atom stereocenters. The van der Waals surface area contributed by atoms with Gasteiger partial charge in [-0.1, -0.05) is 25.8 Å². The molecule has 0 aliphatic carbocycles. The van der Waals surface area contributed by atoms with Crippen LogP contribution in [0.4, 0.5) is 8.78 Å². The molecular weight excluding hydrogens is 198 g/mol. The first-order valence-corrected chi connectivity index (χ1v) is 5.25. The normalized spacial score (nSPS) is 12.8. The van der Waals surface area contributed by atoms with Crippen molar-refractivity contribution in [2.45, 2.75) is 38.7 Å². The van der Waals surface area contributed by atoms with Crippen LogP contribution < -0.4 is 0 Å². The van der Waals surface area contributed by atoms with E-state index in [1.807, 2.05) is 6.92 Å². The van der Waals surface area contributed by atoms with Crippen LogP contribution in [0.15, 0.2) is 18.2 Å². The maximum atomic E-state index is 12.8. The molecule has 1 atom stereocenters. The number of aliphatic hydroxyl groups excluding tert-OH is 1. The largest absolute Gasteiger partial charge is 0.393 e. The number of unbranched alkanes of at least 4 members (excludes halogenated alkanes) is 1. The maximum absolute atomic E-state index is 12.8. The summed E-state index contributed by atoms with van der Waals surface area (Å²) in [4.78, 5) is 0. The number of aliphatic hydroxyl groups is 1. The molecule has 3 heteroatoms. The van der Waals surface area contributed by atoms with E-state index in [9.17, 15) is 13.9 Å². The number of hydrogen-bond acceptors (Lipinski definition) is 1. The van der Waals surface area contributed by atoms with Gasteiger partial charge in [0.1, 0.15) is 0 Å². The highest BCUT2D eigenvalue weighted by molar-refractivity contribution is 5.18. The molecule has 0 bridgehead atoms. The summed E-state index contributed by atoms with van der Waals surface area (Å²) >= 11 is 0. The van der Waals surface area contributed by atoms with Gasteiger partial charge in [0.25, 0.3) is 0 Å². The fourth-order valence-corrected chi connectivity index (χ4v) is 1.48. The van der Waals surface area contributed by atoms with Gasteiger partial charge < -0.3 is 5.11 Å². The van der Waals surface area contributed by atoms with E-state index < -0.39 is 17.7 Å². The van der Waals surface area contributed by atoms with Gasteiger partial charge >= 0.3 is 0 Å². The first kappa shape index (κ1) is 12.1. The van der Waals surface area contributed by atoms with Crippen LogP contribution in [-0.4, -0.2) is 11.2 Å². The molecule has 0 radical (unpaired) electrons. The Bertz CT molecular complexity index is 312. The highest BCUT2D eigenvalue weighted by atomic mass is 19.2. The molecule has 0 amide bonds. The van der Waals surface area contributed by atoms with E-state index >= 15 is 0 Å². The Labute approximate surface area is 88.7 Å². The molecule has 1 aromatic rings.